The largest absolute Gasteiger partial charge is 0.372 e. The molecule has 2 aromatic heterocycles. The van der Waals surface area contributed by atoms with Crippen LogP contribution < -0.4 is 9.62 Å². The quantitative estimate of drug-likeness (QED) is 0.618. The van der Waals surface area contributed by atoms with Gasteiger partial charge in [0.15, 0.2) is 23.3 Å². The molecule has 0 spiro atoms. The number of hydrogen-bond donors (Lipinski definition) is 1. The molecule has 35 heavy (non-hydrogen) atoms. The van der Waals surface area contributed by atoms with Gasteiger partial charge in [0.05, 0.1) is 12.6 Å². The number of ether oxygens (including phenoxy) is 1. The highest BCUT2D eigenvalue weighted by Gasteiger charge is 2.51. The van der Waals surface area contributed by atoms with Crippen LogP contribution in [0.1, 0.15) is 63.1 Å². The van der Waals surface area contributed by atoms with Crippen LogP contribution in [0, 0.1) is 29.0 Å². The Morgan fingerprint density at radius 3 is 2.57 bits per heavy atom. The van der Waals surface area contributed by atoms with Gasteiger partial charge in [-0.15, -0.1) is 10.2 Å². The molecule has 9 nitrogen and oxygen atoms in total. The highest BCUT2D eigenvalue weighted by molar-refractivity contribution is 7.89. The molecule has 1 N–H and O–H groups in total. The second-order valence-electron chi connectivity index (χ2n) is 11.3. The summed E-state index contributed by atoms with van der Waals surface area (Å²) in [5.74, 6) is 3.21. The number of hydrogen-bond acceptors (Lipinski definition) is 7. The first kappa shape index (κ1) is 23.3. The smallest absolute Gasteiger partial charge is 0.242 e. The average molecular weight is 505 g/mol. The minimum absolute atomic E-state index is 0.199. The third-order valence-corrected chi connectivity index (χ3v) is 9.98. The van der Waals surface area contributed by atoms with Crippen molar-refractivity contribution in [3.8, 4) is 0 Å². The van der Waals surface area contributed by atoms with Crippen molar-refractivity contribution in [1.29, 1.82) is 0 Å². The fourth-order valence-electron chi connectivity index (χ4n) is 7.60. The van der Waals surface area contributed by atoms with E-state index in [1.807, 2.05) is 16.5 Å². The molecular formula is C24H33FN6O3S. The Morgan fingerprint density at radius 2 is 1.91 bits per heavy atom. The van der Waals surface area contributed by atoms with E-state index < -0.39 is 21.9 Å². The Balaban J connectivity index is 1.17. The van der Waals surface area contributed by atoms with Gasteiger partial charge in [0.25, 0.3) is 0 Å². The van der Waals surface area contributed by atoms with Crippen molar-refractivity contribution in [3.05, 3.63) is 29.7 Å². The first-order chi connectivity index (χ1) is 16.7. The monoisotopic (exact) mass is 504 g/mol. The van der Waals surface area contributed by atoms with Gasteiger partial charge in [-0.05, 0) is 74.7 Å². The van der Waals surface area contributed by atoms with Gasteiger partial charge in [-0.25, -0.2) is 22.5 Å². The highest BCUT2D eigenvalue weighted by Crippen LogP contribution is 2.60. The third kappa shape index (κ3) is 4.25. The summed E-state index contributed by atoms with van der Waals surface area (Å²) in [6, 6.07) is 0.432. The number of nitrogens with one attached hydrogen (secondary N) is 1. The van der Waals surface area contributed by atoms with Crippen LogP contribution in [-0.2, 0) is 27.9 Å². The standard InChI is InChI=1S/C24H33FN6O3S/c1-15(22-28-27-21-13-34-4-3-31(21)22)29-35(32,33)19-8-20(25)23(26-12-19)30(2)14-24-9-16-5-17(10-24)7-18(6-16)11-24/h8,12,15-18,29H,3-7,9-11,13-14H2,1-2H3/t15-,16?,17?,18?,24?/m0/s1. The first-order valence-corrected chi connectivity index (χ1v) is 14.1. The Labute approximate surface area is 205 Å². The zero-order valence-electron chi connectivity index (χ0n) is 20.3. The zero-order chi connectivity index (χ0) is 24.4. The highest BCUT2D eigenvalue weighted by atomic mass is 32.2. The predicted octanol–water partition coefficient (Wildman–Crippen LogP) is 3.03. The molecule has 190 valence electrons. The lowest BCUT2D eigenvalue weighted by atomic mass is 9.49. The van der Waals surface area contributed by atoms with Gasteiger partial charge in [0.1, 0.15) is 11.5 Å². The number of pyridine rings is 1. The van der Waals surface area contributed by atoms with Crippen LogP contribution in [0.4, 0.5) is 10.2 Å². The molecule has 2 aromatic rings. The second-order valence-corrected chi connectivity index (χ2v) is 13.0. The van der Waals surface area contributed by atoms with Crippen molar-refractivity contribution in [2.75, 3.05) is 25.1 Å². The molecule has 0 aromatic carbocycles. The fraction of sp³-hybridized carbons (Fsp3) is 0.708. The Kier molecular flexibility index (Phi) is 5.65. The number of halogens is 1. The molecule has 0 unspecified atom stereocenters. The molecule has 7 rings (SSSR count). The van der Waals surface area contributed by atoms with E-state index in [9.17, 15) is 8.42 Å². The number of fused-ring (bicyclic) bond motifs is 1. The molecule has 4 fully saturated rings. The Hall–Kier alpha value is -2.11. The topological polar surface area (TPSA) is 102 Å². The van der Waals surface area contributed by atoms with Crippen LogP contribution in [0.2, 0.25) is 0 Å². The normalized spacial score (nSPS) is 30.3. The summed E-state index contributed by atoms with van der Waals surface area (Å²) in [6.07, 6.45) is 8.99. The zero-order valence-corrected chi connectivity index (χ0v) is 21.1. The van der Waals surface area contributed by atoms with Crippen LogP contribution in [0.15, 0.2) is 17.2 Å². The molecule has 11 heteroatoms. The first-order valence-electron chi connectivity index (χ1n) is 12.6. The predicted molar refractivity (Wildman–Crippen MR) is 126 cm³/mol. The SMILES string of the molecule is C[C@H](NS(=O)(=O)c1cnc(N(C)CC23CC4CC(CC(C4)C2)C3)c(F)c1)c1nnc2n1CCOC2. The number of nitrogens with zero attached hydrogens (tertiary/aromatic N) is 5. The third-order valence-electron chi connectivity index (χ3n) is 8.47. The van der Waals surface area contributed by atoms with Crippen molar-refractivity contribution in [2.45, 2.75) is 69.5 Å². The summed E-state index contributed by atoms with van der Waals surface area (Å²) in [5.41, 5.74) is 0.238. The van der Waals surface area contributed by atoms with Crippen LogP contribution in [0.25, 0.3) is 0 Å². The van der Waals surface area contributed by atoms with E-state index in [1.165, 1.54) is 44.7 Å². The molecule has 3 heterocycles. The molecule has 4 saturated carbocycles. The van der Waals surface area contributed by atoms with E-state index in [0.717, 1.165) is 30.4 Å². The molecule has 4 aliphatic carbocycles. The van der Waals surface area contributed by atoms with E-state index in [4.69, 9.17) is 4.74 Å². The second kappa shape index (κ2) is 8.48. The van der Waals surface area contributed by atoms with Gasteiger partial charge in [0, 0.05) is 26.3 Å². The van der Waals surface area contributed by atoms with E-state index in [2.05, 4.69) is 19.9 Å². The average Bonchev–Trinajstić information content (AvgIpc) is 3.22. The van der Waals surface area contributed by atoms with Gasteiger partial charge in [-0.2, -0.15) is 0 Å². The summed E-state index contributed by atoms with van der Waals surface area (Å²) in [5, 5.41) is 8.21. The van der Waals surface area contributed by atoms with Gasteiger partial charge in [-0.3, -0.25) is 0 Å². The van der Waals surface area contributed by atoms with Crippen molar-refractivity contribution in [3.63, 3.8) is 0 Å². The van der Waals surface area contributed by atoms with Crippen LogP contribution in [-0.4, -0.2) is 48.4 Å². The lowest BCUT2D eigenvalue weighted by Crippen LogP contribution is -2.51. The van der Waals surface area contributed by atoms with Crippen molar-refractivity contribution < 1.29 is 17.5 Å². The Morgan fingerprint density at radius 1 is 1.23 bits per heavy atom. The number of aromatic nitrogens is 4. The van der Waals surface area contributed by atoms with Gasteiger partial charge in [0.2, 0.25) is 10.0 Å². The lowest BCUT2D eigenvalue weighted by Gasteiger charge is -2.57. The molecule has 1 aliphatic heterocycles. The summed E-state index contributed by atoms with van der Waals surface area (Å²) in [7, 11) is -2.13. The van der Waals surface area contributed by atoms with E-state index in [-0.39, 0.29) is 16.1 Å². The number of rotatable bonds is 7. The summed E-state index contributed by atoms with van der Waals surface area (Å²) in [6.45, 7) is 3.89. The molecular weight excluding hydrogens is 471 g/mol. The van der Waals surface area contributed by atoms with Crippen LogP contribution >= 0.6 is 0 Å². The maximum atomic E-state index is 15.2. The lowest BCUT2D eigenvalue weighted by molar-refractivity contribution is -0.0473. The summed E-state index contributed by atoms with van der Waals surface area (Å²) < 4.78 is 51.1. The van der Waals surface area contributed by atoms with E-state index in [1.54, 1.807) is 6.92 Å². The maximum Gasteiger partial charge on any atom is 0.242 e. The van der Waals surface area contributed by atoms with Gasteiger partial charge >= 0.3 is 0 Å². The molecule has 0 amide bonds. The van der Waals surface area contributed by atoms with E-state index in [0.29, 0.717) is 31.4 Å². The van der Waals surface area contributed by atoms with Crippen LogP contribution in [0.5, 0.6) is 0 Å². The molecule has 0 saturated heterocycles. The van der Waals surface area contributed by atoms with Crippen molar-refractivity contribution in [2.24, 2.45) is 23.2 Å². The fourth-order valence-corrected chi connectivity index (χ4v) is 8.75. The number of sulfonamides is 1. The molecule has 1 atom stereocenters. The minimum Gasteiger partial charge on any atom is -0.372 e. The minimum atomic E-state index is -4.00. The summed E-state index contributed by atoms with van der Waals surface area (Å²) in [4.78, 5) is 5.95. The molecule has 4 bridgehead atoms. The van der Waals surface area contributed by atoms with Crippen LogP contribution in [0.3, 0.4) is 0 Å². The van der Waals surface area contributed by atoms with E-state index >= 15 is 4.39 Å². The molecule has 0 radical (unpaired) electrons. The maximum absolute atomic E-state index is 15.2. The van der Waals surface area contributed by atoms with Gasteiger partial charge < -0.3 is 14.2 Å². The Bertz CT molecular complexity index is 1200. The molecule has 5 aliphatic rings. The van der Waals surface area contributed by atoms with Crippen molar-refractivity contribution >= 4 is 15.8 Å². The van der Waals surface area contributed by atoms with Crippen molar-refractivity contribution in [1.82, 2.24) is 24.5 Å². The number of anilines is 1. The van der Waals surface area contributed by atoms with Gasteiger partial charge in [-0.1, -0.05) is 0 Å². The summed E-state index contributed by atoms with van der Waals surface area (Å²) >= 11 is 0.